The molecule has 2 rings (SSSR count). The molecule has 0 bridgehead atoms. The second kappa shape index (κ2) is 3.31. The van der Waals surface area contributed by atoms with Crippen LogP contribution in [0.2, 0.25) is 0 Å². The number of hydrogen-bond acceptors (Lipinski definition) is 1. The van der Waals surface area contributed by atoms with Crippen LogP contribution < -0.4 is 5.73 Å². The van der Waals surface area contributed by atoms with Gasteiger partial charge in [0.2, 0.25) is 0 Å². The van der Waals surface area contributed by atoms with Crippen molar-refractivity contribution in [2.24, 2.45) is 0 Å². The Kier molecular flexibility index (Phi) is 2.27. The van der Waals surface area contributed by atoms with Crippen molar-refractivity contribution >= 4 is 32.5 Å². The van der Waals surface area contributed by atoms with Crippen LogP contribution >= 0.6 is 15.9 Å². The van der Waals surface area contributed by atoms with E-state index in [4.69, 9.17) is 5.73 Å². The summed E-state index contributed by atoms with van der Waals surface area (Å²) in [6, 6.07) is 5.92. The molecule has 0 aliphatic carbocycles. The summed E-state index contributed by atoms with van der Waals surface area (Å²) in [5, 5.41) is 1.16. The number of anilines is 1. The van der Waals surface area contributed by atoms with Gasteiger partial charge in [0.1, 0.15) is 0 Å². The lowest BCUT2D eigenvalue weighted by molar-refractivity contribution is 0.831. The molecule has 3 N–H and O–H groups in total. The molecule has 0 atom stereocenters. The predicted molar refractivity (Wildman–Crippen MR) is 64.5 cm³/mol. The average molecular weight is 253 g/mol. The van der Waals surface area contributed by atoms with Gasteiger partial charge in [0, 0.05) is 26.8 Å². The van der Waals surface area contributed by atoms with Gasteiger partial charge in [-0.1, -0.05) is 13.8 Å². The summed E-state index contributed by atoms with van der Waals surface area (Å²) >= 11 is 3.60. The van der Waals surface area contributed by atoms with Gasteiger partial charge < -0.3 is 10.7 Å². The summed E-state index contributed by atoms with van der Waals surface area (Å²) in [7, 11) is 0. The van der Waals surface area contributed by atoms with E-state index in [-0.39, 0.29) is 0 Å². The number of halogens is 1. The standard InChI is InChI=1S/C11H13BrN2/c1-6(2)11-10(12)8-5-7(13)3-4-9(8)14-11/h3-6,14H,13H2,1-2H3. The van der Waals surface area contributed by atoms with E-state index in [1.54, 1.807) is 0 Å². The monoisotopic (exact) mass is 252 g/mol. The Morgan fingerprint density at radius 2 is 2.07 bits per heavy atom. The van der Waals surface area contributed by atoms with Crippen molar-refractivity contribution in [3.8, 4) is 0 Å². The quantitative estimate of drug-likeness (QED) is 0.748. The highest BCUT2D eigenvalue weighted by atomic mass is 79.9. The summed E-state index contributed by atoms with van der Waals surface area (Å²) in [6.45, 7) is 4.33. The predicted octanol–water partition coefficient (Wildman–Crippen LogP) is 3.64. The first kappa shape index (κ1) is 9.59. The fraction of sp³-hybridized carbons (Fsp3) is 0.273. The Bertz CT molecular complexity index is 471. The SMILES string of the molecule is CC(C)c1[nH]c2ccc(N)cc2c1Br. The van der Waals surface area contributed by atoms with Gasteiger partial charge in [-0.15, -0.1) is 0 Å². The van der Waals surface area contributed by atoms with E-state index in [0.29, 0.717) is 5.92 Å². The summed E-state index contributed by atoms with van der Waals surface area (Å²) in [5.41, 5.74) is 8.90. The number of fused-ring (bicyclic) bond motifs is 1. The van der Waals surface area contributed by atoms with Crippen LogP contribution in [-0.2, 0) is 0 Å². The van der Waals surface area contributed by atoms with Crippen LogP contribution in [0.4, 0.5) is 5.69 Å². The number of aromatic nitrogens is 1. The maximum absolute atomic E-state index is 5.74. The normalized spacial score (nSPS) is 11.4. The van der Waals surface area contributed by atoms with Crippen LogP contribution in [0, 0.1) is 0 Å². The second-order valence-corrected chi connectivity index (χ2v) is 4.61. The van der Waals surface area contributed by atoms with Gasteiger partial charge >= 0.3 is 0 Å². The molecule has 2 nitrogen and oxygen atoms in total. The molecule has 0 saturated heterocycles. The fourth-order valence-electron chi connectivity index (χ4n) is 1.60. The van der Waals surface area contributed by atoms with Gasteiger partial charge in [-0.2, -0.15) is 0 Å². The minimum Gasteiger partial charge on any atom is -0.399 e. The fourth-order valence-corrected chi connectivity index (χ4v) is 2.48. The topological polar surface area (TPSA) is 41.8 Å². The zero-order valence-electron chi connectivity index (χ0n) is 8.26. The molecule has 0 aliphatic rings. The molecule has 0 spiro atoms. The number of hydrogen-bond donors (Lipinski definition) is 2. The highest BCUT2D eigenvalue weighted by Gasteiger charge is 2.11. The molecule has 0 radical (unpaired) electrons. The lowest BCUT2D eigenvalue weighted by Gasteiger charge is -2.01. The highest BCUT2D eigenvalue weighted by molar-refractivity contribution is 9.10. The van der Waals surface area contributed by atoms with Gasteiger partial charge in [-0.05, 0) is 40.0 Å². The molecule has 1 aromatic heterocycles. The maximum Gasteiger partial charge on any atom is 0.0469 e. The van der Waals surface area contributed by atoms with Crippen molar-refractivity contribution in [1.29, 1.82) is 0 Å². The second-order valence-electron chi connectivity index (χ2n) is 3.81. The lowest BCUT2D eigenvalue weighted by atomic mass is 10.1. The van der Waals surface area contributed by atoms with Crippen molar-refractivity contribution in [1.82, 2.24) is 4.98 Å². The van der Waals surface area contributed by atoms with Gasteiger partial charge in [0.05, 0.1) is 0 Å². The van der Waals surface area contributed by atoms with Crippen LogP contribution in [0.1, 0.15) is 25.5 Å². The van der Waals surface area contributed by atoms with Crippen molar-refractivity contribution in [2.45, 2.75) is 19.8 Å². The van der Waals surface area contributed by atoms with Crippen molar-refractivity contribution in [3.05, 3.63) is 28.4 Å². The third-order valence-corrected chi connectivity index (χ3v) is 3.22. The number of rotatable bonds is 1. The number of aromatic amines is 1. The van der Waals surface area contributed by atoms with Crippen molar-refractivity contribution in [3.63, 3.8) is 0 Å². The van der Waals surface area contributed by atoms with Crippen LogP contribution in [0.3, 0.4) is 0 Å². The number of nitrogens with one attached hydrogen (secondary N) is 1. The molecule has 0 unspecified atom stereocenters. The van der Waals surface area contributed by atoms with Gasteiger partial charge in [-0.25, -0.2) is 0 Å². The molecule has 3 heteroatoms. The van der Waals surface area contributed by atoms with Crippen LogP contribution in [0.5, 0.6) is 0 Å². The molecular weight excluding hydrogens is 240 g/mol. The lowest BCUT2D eigenvalue weighted by Crippen LogP contribution is -1.86. The molecule has 0 aliphatic heterocycles. The van der Waals surface area contributed by atoms with Crippen LogP contribution in [0.15, 0.2) is 22.7 Å². The van der Waals surface area contributed by atoms with Gasteiger partial charge in [-0.3, -0.25) is 0 Å². The third kappa shape index (κ3) is 1.42. The molecular formula is C11H13BrN2. The molecule has 1 heterocycles. The molecule has 1 aromatic carbocycles. The molecule has 2 aromatic rings. The Morgan fingerprint density at radius 1 is 1.36 bits per heavy atom. The Labute approximate surface area is 91.6 Å². The van der Waals surface area contributed by atoms with Crippen molar-refractivity contribution in [2.75, 3.05) is 5.73 Å². The first-order chi connectivity index (χ1) is 6.59. The molecule has 0 amide bonds. The van der Waals surface area contributed by atoms with Crippen LogP contribution in [-0.4, -0.2) is 4.98 Å². The Balaban J connectivity index is 2.74. The first-order valence-corrected chi connectivity index (χ1v) is 5.45. The zero-order chi connectivity index (χ0) is 10.3. The molecule has 0 saturated carbocycles. The molecule has 14 heavy (non-hydrogen) atoms. The molecule has 74 valence electrons. The summed E-state index contributed by atoms with van der Waals surface area (Å²) in [4.78, 5) is 3.39. The van der Waals surface area contributed by atoms with E-state index in [0.717, 1.165) is 21.1 Å². The van der Waals surface area contributed by atoms with Gasteiger partial charge in [0.25, 0.3) is 0 Å². The minimum atomic E-state index is 0.484. The maximum atomic E-state index is 5.74. The average Bonchev–Trinajstić information content (AvgIpc) is 2.44. The Morgan fingerprint density at radius 3 is 2.71 bits per heavy atom. The third-order valence-electron chi connectivity index (χ3n) is 2.36. The number of benzene rings is 1. The van der Waals surface area contributed by atoms with Gasteiger partial charge in [0.15, 0.2) is 0 Å². The first-order valence-electron chi connectivity index (χ1n) is 4.66. The summed E-state index contributed by atoms with van der Waals surface area (Å²) in [6.07, 6.45) is 0. The summed E-state index contributed by atoms with van der Waals surface area (Å²) < 4.78 is 1.13. The zero-order valence-corrected chi connectivity index (χ0v) is 9.85. The highest BCUT2D eigenvalue weighted by Crippen LogP contribution is 2.33. The number of nitrogen functional groups attached to an aromatic ring is 1. The molecule has 0 fully saturated rings. The van der Waals surface area contributed by atoms with Crippen LogP contribution in [0.25, 0.3) is 10.9 Å². The smallest absolute Gasteiger partial charge is 0.0469 e. The van der Waals surface area contributed by atoms with E-state index in [1.165, 1.54) is 5.69 Å². The summed E-state index contributed by atoms with van der Waals surface area (Å²) in [5.74, 6) is 0.484. The largest absolute Gasteiger partial charge is 0.399 e. The number of nitrogens with two attached hydrogens (primary N) is 1. The Hall–Kier alpha value is -0.960. The number of H-pyrrole nitrogens is 1. The van der Waals surface area contributed by atoms with E-state index in [1.807, 2.05) is 18.2 Å². The van der Waals surface area contributed by atoms with E-state index >= 15 is 0 Å². The van der Waals surface area contributed by atoms with Crippen molar-refractivity contribution < 1.29 is 0 Å². The minimum absolute atomic E-state index is 0.484. The van der Waals surface area contributed by atoms with E-state index < -0.39 is 0 Å². The van der Waals surface area contributed by atoms with E-state index in [9.17, 15) is 0 Å². The van der Waals surface area contributed by atoms with E-state index in [2.05, 4.69) is 34.8 Å².